The Kier molecular flexibility index (Phi) is 3.92. The molecule has 6 heteroatoms. The summed E-state index contributed by atoms with van der Waals surface area (Å²) in [7, 11) is 0. The van der Waals surface area contributed by atoms with Crippen LogP contribution >= 0.6 is 11.3 Å². The van der Waals surface area contributed by atoms with Crippen molar-refractivity contribution >= 4 is 17.2 Å². The monoisotopic (exact) mass is 324 g/mol. The number of carbonyl (C=O) groups excluding carboxylic acids is 1. The van der Waals surface area contributed by atoms with Gasteiger partial charge in [0.05, 0.1) is 11.4 Å². The third-order valence-electron chi connectivity index (χ3n) is 3.55. The minimum Gasteiger partial charge on any atom is -0.366 e. The maximum atomic E-state index is 11.3. The van der Waals surface area contributed by atoms with Gasteiger partial charge in [0.2, 0.25) is 5.91 Å². The molecule has 0 fully saturated rings. The first-order valence-electron chi connectivity index (χ1n) is 7.12. The van der Waals surface area contributed by atoms with Gasteiger partial charge in [0.15, 0.2) is 0 Å². The quantitative estimate of drug-likeness (QED) is 0.801. The molecule has 5 nitrogen and oxygen atoms in total. The van der Waals surface area contributed by atoms with Gasteiger partial charge < -0.3 is 5.73 Å². The molecule has 2 N–H and O–H groups in total. The third kappa shape index (κ3) is 2.98. The van der Waals surface area contributed by atoms with E-state index in [0.717, 1.165) is 33.2 Å². The average Bonchev–Trinajstić information content (AvgIpc) is 2.96. The van der Waals surface area contributed by atoms with Crippen LogP contribution in [0.1, 0.15) is 27.3 Å². The highest BCUT2D eigenvalue weighted by Crippen LogP contribution is 2.31. The predicted octanol–water partition coefficient (Wildman–Crippen LogP) is 3.29. The van der Waals surface area contributed by atoms with Gasteiger partial charge in [0, 0.05) is 34.1 Å². The van der Waals surface area contributed by atoms with E-state index in [1.807, 2.05) is 25.3 Å². The van der Waals surface area contributed by atoms with Crippen molar-refractivity contribution in [2.45, 2.75) is 20.8 Å². The molecule has 3 heterocycles. The number of thiazole rings is 1. The summed E-state index contributed by atoms with van der Waals surface area (Å²) in [5, 5.41) is 2.74. The molecule has 3 rings (SSSR count). The topological polar surface area (TPSA) is 81.8 Å². The first kappa shape index (κ1) is 15.3. The van der Waals surface area contributed by atoms with E-state index >= 15 is 0 Å². The number of primary amides is 1. The first-order valence-corrected chi connectivity index (χ1v) is 8.00. The molecule has 0 aromatic carbocycles. The van der Waals surface area contributed by atoms with E-state index in [1.165, 1.54) is 11.3 Å². The fourth-order valence-electron chi connectivity index (χ4n) is 2.62. The van der Waals surface area contributed by atoms with Crippen LogP contribution in [-0.4, -0.2) is 20.9 Å². The van der Waals surface area contributed by atoms with E-state index in [1.54, 1.807) is 18.3 Å². The number of hydrogen-bond donors (Lipinski definition) is 1. The lowest BCUT2D eigenvalue weighted by atomic mass is 10.0. The maximum absolute atomic E-state index is 11.3. The Morgan fingerprint density at radius 3 is 2.61 bits per heavy atom. The number of carbonyl (C=O) groups is 1. The van der Waals surface area contributed by atoms with Gasteiger partial charge in [-0.25, -0.2) is 4.98 Å². The molecule has 0 aliphatic carbocycles. The number of nitrogens with two attached hydrogens (primary N) is 1. The van der Waals surface area contributed by atoms with Crippen LogP contribution in [0.3, 0.4) is 0 Å². The van der Waals surface area contributed by atoms with Crippen LogP contribution in [0.15, 0.2) is 29.8 Å². The lowest BCUT2D eigenvalue weighted by Gasteiger charge is -2.07. The van der Waals surface area contributed by atoms with Gasteiger partial charge >= 0.3 is 0 Å². The second-order valence-corrected chi connectivity index (χ2v) is 6.23. The normalized spacial score (nSPS) is 10.7. The molecule has 0 aliphatic heterocycles. The van der Waals surface area contributed by atoms with Crippen molar-refractivity contribution in [1.82, 2.24) is 15.0 Å². The fourth-order valence-corrected chi connectivity index (χ4v) is 3.40. The average molecular weight is 324 g/mol. The lowest BCUT2D eigenvalue weighted by molar-refractivity contribution is 0.1000. The van der Waals surface area contributed by atoms with E-state index in [0.29, 0.717) is 11.3 Å². The molecule has 0 atom stereocenters. The summed E-state index contributed by atoms with van der Waals surface area (Å²) < 4.78 is 0. The number of rotatable bonds is 3. The Morgan fingerprint density at radius 1 is 1.13 bits per heavy atom. The highest BCUT2D eigenvalue weighted by molar-refractivity contribution is 7.13. The van der Waals surface area contributed by atoms with Crippen molar-refractivity contribution in [3.05, 3.63) is 52.3 Å². The van der Waals surface area contributed by atoms with Gasteiger partial charge in [-0.05, 0) is 44.5 Å². The van der Waals surface area contributed by atoms with Crippen molar-refractivity contribution in [3.8, 4) is 22.0 Å². The molecule has 0 radical (unpaired) electrons. The number of hydrogen-bond acceptors (Lipinski definition) is 5. The van der Waals surface area contributed by atoms with Gasteiger partial charge in [0.1, 0.15) is 5.01 Å². The minimum absolute atomic E-state index is 0.427. The first-order chi connectivity index (χ1) is 11.0. The highest BCUT2D eigenvalue weighted by atomic mass is 32.1. The molecule has 1 amide bonds. The molecular formula is C17H16N4OS. The van der Waals surface area contributed by atoms with Crippen molar-refractivity contribution < 1.29 is 4.79 Å². The summed E-state index contributed by atoms with van der Waals surface area (Å²) in [5.41, 5.74) is 11.4. The van der Waals surface area contributed by atoms with E-state index in [9.17, 15) is 4.79 Å². The molecular weight excluding hydrogens is 308 g/mol. The van der Waals surface area contributed by atoms with E-state index in [2.05, 4.69) is 21.9 Å². The maximum Gasteiger partial charge on any atom is 0.248 e. The van der Waals surface area contributed by atoms with Crippen LogP contribution in [0.2, 0.25) is 0 Å². The zero-order valence-electron chi connectivity index (χ0n) is 13.1. The molecule has 0 saturated carbocycles. The van der Waals surface area contributed by atoms with E-state index in [-0.39, 0.29) is 0 Å². The van der Waals surface area contributed by atoms with Crippen molar-refractivity contribution in [1.29, 1.82) is 0 Å². The van der Waals surface area contributed by atoms with Crippen molar-refractivity contribution in [2.75, 3.05) is 0 Å². The van der Waals surface area contributed by atoms with Gasteiger partial charge in [0.25, 0.3) is 0 Å². The van der Waals surface area contributed by atoms with Crippen molar-refractivity contribution in [2.24, 2.45) is 5.73 Å². The summed E-state index contributed by atoms with van der Waals surface area (Å²) >= 11 is 1.49. The zero-order chi connectivity index (χ0) is 16.6. The number of aryl methyl sites for hydroxylation is 3. The van der Waals surface area contributed by atoms with E-state index < -0.39 is 5.91 Å². The Balaban J connectivity index is 2.05. The SMILES string of the molecule is Cc1cc(C)c(-c2csc(-c3cc(C(N)=O)ccn3)n2)c(C)n1. The second kappa shape index (κ2) is 5.89. The molecule has 0 saturated heterocycles. The number of amides is 1. The lowest BCUT2D eigenvalue weighted by Crippen LogP contribution is -2.10. The number of aromatic nitrogens is 3. The Labute approximate surface area is 138 Å². The molecule has 0 aliphatic rings. The Hall–Kier alpha value is -2.60. The fraction of sp³-hybridized carbons (Fsp3) is 0.176. The van der Waals surface area contributed by atoms with Crippen LogP contribution in [0.4, 0.5) is 0 Å². The summed E-state index contributed by atoms with van der Waals surface area (Å²) in [6.07, 6.45) is 1.57. The molecule has 3 aromatic heterocycles. The van der Waals surface area contributed by atoms with Gasteiger partial charge in [-0.2, -0.15) is 0 Å². The molecule has 23 heavy (non-hydrogen) atoms. The van der Waals surface area contributed by atoms with Gasteiger partial charge in [-0.3, -0.25) is 14.8 Å². The molecule has 3 aromatic rings. The van der Waals surface area contributed by atoms with Crippen LogP contribution in [0.25, 0.3) is 22.0 Å². The van der Waals surface area contributed by atoms with Crippen LogP contribution in [0, 0.1) is 20.8 Å². The molecule has 0 spiro atoms. The predicted molar refractivity (Wildman–Crippen MR) is 91.3 cm³/mol. The molecule has 0 unspecified atom stereocenters. The Morgan fingerprint density at radius 2 is 1.91 bits per heavy atom. The van der Waals surface area contributed by atoms with Crippen LogP contribution in [0.5, 0.6) is 0 Å². The number of nitrogens with zero attached hydrogens (tertiary/aromatic N) is 3. The van der Waals surface area contributed by atoms with Crippen LogP contribution in [-0.2, 0) is 0 Å². The van der Waals surface area contributed by atoms with Gasteiger partial charge in [-0.15, -0.1) is 11.3 Å². The third-order valence-corrected chi connectivity index (χ3v) is 4.41. The minimum atomic E-state index is -0.472. The zero-order valence-corrected chi connectivity index (χ0v) is 13.9. The van der Waals surface area contributed by atoms with E-state index in [4.69, 9.17) is 5.73 Å². The van der Waals surface area contributed by atoms with Crippen molar-refractivity contribution in [3.63, 3.8) is 0 Å². The molecule has 0 bridgehead atoms. The molecule has 116 valence electrons. The standard InChI is InChI=1S/C17H16N4OS/c1-9-6-10(2)20-11(3)15(9)14-8-23-17(21-14)13-7-12(16(18)22)4-5-19-13/h4-8H,1-3H3,(H2,18,22). The Bertz CT molecular complexity index is 878. The summed E-state index contributed by atoms with van der Waals surface area (Å²) in [4.78, 5) is 24.8. The highest BCUT2D eigenvalue weighted by Gasteiger charge is 2.14. The largest absolute Gasteiger partial charge is 0.366 e. The summed E-state index contributed by atoms with van der Waals surface area (Å²) in [6, 6.07) is 5.31. The smallest absolute Gasteiger partial charge is 0.248 e. The summed E-state index contributed by atoms with van der Waals surface area (Å²) in [6.45, 7) is 6.03. The second-order valence-electron chi connectivity index (χ2n) is 5.37. The van der Waals surface area contributed by atoms with Crippen LogP contribution < -0.4 is 5.73 Å². The number of pyridine rings is 2. The van der Waals surface area contributed by atoms with Gasteiger partial charge in [-0.1, -0.05) is 0 Å². The summed E-state index contributed by atoms with van der Waals surface area (Å²) in [5.74, 6) is -0.472.